The lowest BCUT2D eigenvalue weighted by atomic mass is 9.83. The van der Waals surface area contributed by atoms with E-state index in [1.54, 1.807) is 0 Å². The van der Waals surface area contributed by atoms with Crippen molar-refractivity contribution in [3.63, 3.8) is 0 Å². The van der Waals surface area contributed by atoms with Crippen molar-refractivity contribution >= 4 is 40.2 Å². The van der Waals surface area contributed by atoms with Crippen molar-refractivity contribution in [1.82, 2.24) is 0 Å². The highest BCUT2D eigenvalue weighted by Crippen LogP contribution is 2.43. The van der Waals surface area contributed by atoms with E-state index in [1.807, 2.05) is 6.08 Å². The maximum atomic E-state index is 7.19. The Kier molecular flexibility index (Phi) is 9.71. The van der Waals surface area contributed by atoms with Gasteiger partial charge in [-0.05, 0) is 129 Å². The summed E-state index contributed by atoms with van der Waals surface area (Å²) in [5.41, 5.74) is 9.23. The van der Waals surface area contributed by atoms with Gasteiger partial charge in [-0.2, -0.15) is 0 Å². The van der Waals surface area contributed by atoms with E-state index < -0.39 is 8.07 Å². The van der Waals surface area contributed by atoms with E-state index in [-0.39, 0.29) is 0 Å². The molecule has 2 heterocycles. The van der Waals surface area contributed by atoms with Crippen LogP contribution in [0.5, 0.6) is 23.0 Å². The van der Waals surface area contributed by atoms with Crippen molar-refractivity contribution in [3.8, 4) is 45.3 Å². The molecule has 3 nitrogen and oxygen atoms in total. The average Bonchev–Trinajstić information content (AvgIpc) is 3.30. The molecular formula is C55H47NO2Si. The Bertz CT molecular complexity index is 2680. The van der Waals surface area contributed by atoms with Gasteiger partial charge < -0.3 is 14.4 Å². The molecule has 2 aliphatic heterocycles. The highest BCUT2D eigenvalue weighted by Gasteiger charge is 2.53. The minimum Gasteiger partial charge on any atom is -0.458 e. The van der Waals surface area contributed by atoms with Gasteiger partial charge in [0.05, 0.1) is 0 Å². The third-order valence-electron chi connectivity index (χ3n) is 12.5. The van der Waals surface area contributed by atoms with Gasteiger partial charge in [0.2, 0.25) is 0 Å². The largest absolute Gasteiger partial charge is 0.458 e. The van der Waals surface area contributed by atoms with Crippen molar-refractivity contribution in [2.45, 2.75) is 44.9 Å². The lowest BCUT2D eigenvalue weighted by Gasteiger charge is -2.44. The number of hydrogen-bond donors (Lipinski definition) is 0. The molecule has 7 aromatic carbocycles. The molecule has 0 saturated heterocycles. The zero-order valence-electron chi connectivity index (χ0n) is 33.5. The summed E-state index contributed by atoms with van der Waals surface area (Å²) in [4.78, 5) is 2.29. The summed E-state index contributed by atoms with van der Waals surface area (Å²) in [7, 11) is -2.93. The van der Waals surface area contributed by atoms with Crippen LogP contribution >= 0.6 is 0 Å². The quantitative estimate of drug-likeness (QED) is 0.113. The molecule has 0 bridgehead atoms. The van der Waals surface area contributed by atoms with Gasteiger partial charge in [0.25, 0.3) is 0 Å². The molecule has 0 N–H and O–H groups in total. The van der Waals surface area contributed by atoms with Gasteiger partial charge in [0.1, 0.15) is 23.0 Å². The van der Waals surface area contributed by atoms with Crippen molar-refractivity contribution in [1.29, 1.82) is 0 Å². The zero-order valence-corrected chi connectivity index (χ0v) is 34.5. The molecule has 0 amide bonds. The summed E-state index contributed by atoms with van der Waals surface area (Å²) < 4.78 is 13.9. The number of nitrogens with zero attached hydrogens (tertiary/aromatic N) is 1. The average molecular weight is 782 g/mol. The van der Waals surface area contributed by atoms with E-state index >= 15 is 0 Å². The van der Waals surface area contributed by atoms with E-state index in [2.05, 4.69) is 200 Å². The third-order valence-corrected chi connectivity index (χ3v) is 17.3. The summed E-state index contributed by atoms with van der Waals surface area (Å²) in [5, 5.41) is 5.14. The summed E-state index contributed by atoms with van der Waals surface area (Å²) >= 11 is 0. The van der Waals surface area contributed by atoms with Gasteiger partial charge in [0, 0.05) is 17.1 Å². The second-order valence-electron chi connectivity index (χ2n) is 15.8. The first kappa shape index (κ1) is 36.7. The summed E-state index contributed by atoms with van der Waals surface area (Å²) in [5.74, 6) is 4.41. The highest BCUT2D eigenvalue weighted by atomic mass is 28.3. The molecule has 0 radical (unpaired) electrons. The van der Waals surface area contributed by atoms with Crippen molar-refractivity contribution in [3.05, 3.63) is 206 Å². The molecule has 1 saturated carbocycles. The van der Waals surface area contributed by atoms with Crippen LogP contribution in [0.15, 0.2) is 200 Å². The van der Waals surface area contributed by atoms with Crippen LogP contribution in [-0.2, 0) is 0 Å². The summed E-state index contributed by atoms with van der Waals surface area (Å²) in [6.07, 6.45) is 14.4. The molecule has 0 aromatic heterocycles. The minimum absolute atomic E-state index is 0.505. The lowest BCUT2D eigenvalue weighted by molar-refractivity contribution is 0.420. The van der Waals surface area contributed by atoms with Gasteiger partial charge in [-0.15, -0.1) is 0 Å². The molecule has 3 aliphatic rings. The van der Waals surface area contributed by atoms with Gasteiger partial charge >= 0.3 is 0 Å². The van der Waals surface area contributed by atoms with Crippen molar-refractivity contribution in [2.24, 2.45) is 0 Å². The Balaban J connectivity index is 1.11. The minimum atomic E-state index is -2.93. The van der Waals surface area contributed by atoms with E-state index in [1.165, 1.54) is 69.5 Å². The molecule has 288 valence electrons. The Hall–Kier alpha value is -6.62. The second-order valence-corrected chi connectivity index (χ2v) is 19.5. The molecule has 1 spiro atoms. The first-order valence-corrected chi connectivity index (χ1v) is 23.0. The SMILES string of the molecule is C=C/C=C(\C=C/C)N(c1ccc(-c2ccccc2)cc1)c1ccc(-c2ccc3c(c2)[Si]2(c4ccccc4Oc4ccccc42)c2cccc(C4CCCCC4)c2O3)cc1. The normalized spacial score (nSPS) is 15.3. The first-order chi connectivity index (χ1) is 29.2. The molecule has 59 heavy (non-hydrogen) atoms. The molecular weight excluding hydrogens is 735 g/mol. The van der Waals surface area contributed by atoms with Crippen LogP contribution in [0.1, 0.15) is 50.5 Å². The number of ether oxygens (including phenoxy) is 2. The third kappa shape index (κ3) is 6.36. The second kappa shape index (κ2) is 15.6. The Morgan fingerprint density at radius 1 is 0.559 bits per heavy atom. The number of rotatable bonds is 8. The van der Waals surface area contributed by atoms with Gasteiger partial charge in [-0.3, -0.25) is 0 Å². The van der Waals surface area contributed by atoms with Crippen LogP contribution in [-0.4, -0.2) is 8.07 Å². The molecule has 0 unspecified atom stereocenters. The fraction of sp³-hybridized carbons (Fsp3) is 0.127. The van der Waals surface area contributed by atoms with Crippen LogP contribution in [0.3, 0.4) is 0 Å². The molecule has 1 fully saturated rings. The van der Waals surface area contributed by atoms with E-state index in [9.17, 15) is 0 Å². The van der Waals surface area contributed by atoms with Crippen molar-refractivity contribution in [2.75, 3.05) is 4.90 Å². The number of anilines is 2. The summed E-state index contributed by atoms with van der Waals surface area (Å²) in [6, 6.07) is 59.6. The molecule has 10 rings (SSSR count). The number of para-hydroxylation sites is 3. The fourth-order valence-electron chi connectivity index (χ4n) is 9.80. The zero-order chi connectivity index (χ0) is 39.8. The highest BCUT2D eigenvalue weighted by molar-refractivity contribution is 7.21. The Morgan fingerprint density at radius 3 is 1.76 bits per heavy atom. The van der Waals surface area contributed by atoms with Gasteiger partial charge in [0.15, 0.2) is 8.07 Å². The van der Waals surface area contributed by atoms with Crippen LogP contribution in [0, 0.1) is 0 Å². The van der Waals surface area contributed by atoms with Gasteiger partial charge in [-0.1, -0.05) is 159 Å². The number of fused-ring (bicyclic) bond motifs is 8. The first-order valence-electron chi connectivity index (χ1n) is 21.0. The monoisotopic (exact) mass is 781 g/mol. The van der Waals surface area contributed by atoms with Crippen LogP contribution in [0.4, 0.5) is 11.4 Å². The Morgan fingerprint density at radius 2 is 1.12 bits per heavy atom. The van der Waals surface area contributed by atoms with Crippen LogP contribution in [0.25, 0.3) is 22.3 Å². The predicted octanol–water partition coefficient (Wildman–Crippen LogP) is 12.4. The van der Waals surface area contributed by atoms with Crippen LogP contribution in [0.2, 0.25) is 0 Å². The summed E-state index contributed by atoms with van der Waals surface area (Å²) in [6.45, 7) is 6.10. The smallest absolute Gasteiger partial charge is 0.196 e. The molecule has 1 aliphatic carbocycles. The van der Waals surface area contributed by atoms with Gasteiger partial charge in [-0.25, -0.2) is 0 Å². The molecule has 4 heteroatoms. The molecule has 7 aromatic rings. The van der Waals surface area contributed by atoms with E-state index in [0.717, 1.165) is 51.2 Å². The predicted molar refractivity (Wildman–Crippen MR) is 249 cm³/mol. The van der Waals surface area contributed by atoms with E-state index in [0.29, 0.717) is 5.92 Å². The lowest BCUT2D eigenvalue weighted by Crippen LogP contribution is -2.77. The maximum Gasteiger partial charge on any atom is 0.196 e. The van der Waals surface area contributed by atoms with Crippen molar-refractivity contribution < 1.29 is 9.47 Å². The number of allylic oxidation sites excluding steroid dienone is 4. The number of benzene rings is 7. The Labute approximate surface area is 349 Å². The molecule has 0 atom stereocenters. The fourth-order valence-corrected chi connectivity index (χ4v) is 15.0. The standard InChI is InChI=1S/C55H47NO2Si/c1-3-16-44(17-4-2)56(45-33-28-40(29-34-45)39-18-7-5-8-19-39)46-35-30-41(31-36-46)43-32-37-50-54(38-43)59(51-25-13-11-23-48(51)57-49-24-12-14-26-52(49)59)53-27-15-22-47(55(53)58-50)42-20-9-6-10-21-42/h3-5,7-8,11-19,22-38,42H,1,6,9-10,20-21H2,2H3/b17-4-,44-16+. The maximum absolute atomic E-state index is 7.19. The number of hydrogen-bond acceptors (Lipinski definition) is 3. The van der Waals surface area contributed by atoms with E-state index in [4.69, 9.17) is 9.47 Å². The topological polar surface area (TPSA) is 21.7 Å². The van der Waals surface area contributed by atoms with Crippen LogP contribution < -0.4 is 35.1 Å².